The van der Waals surface area contributed by atoms with Gasteiger partial charge in [0.1, 0.15) is 0 Å². The van der Waals surface area contributed by atoms with Gasteiger partial charge in [0.25, 0.3) is 0 Å². The number of carbonyl (C=O) groups excluding carboxylic acids is 1. The molecule has 0 radical (unpaired) electrons. The largest absolute Gasteiger partial charge is 0.504 e. The van der Waals surface area contributed by atoms with Crippen molar-refractivity contribution in [1.29, 1.82) is 0 Å². The Hall–Kier alpha value is -2.70. The van der Waals surface area contributed by atoms with Gasteiger partial charge in [0, 0.05) is 6.92 Å². The SMILES string of the molecule is C=COC(C)=O.O=C(O)O.Oc1ccccc1O. The number of para-hydroxylation sites is 2. The maximum Gasteiger partial charge on any atom is 0.503 e. The first-order valence-electron chi connectivity index (χ1n) is 4.48. The highest BCUT2D eigenvalue weighted by Crippen LogP contribution is 2.21. The van der Waals surface area contributed by atoms with Crippen molar-refractivity contribution in [2.75, 3.05) is 0 Å². The molecule has 0 fully saturated rings. The molecule has 7 heteroatoms. The minimum absolute atomic E-state index is 0.0764. The number of carboxylic acid groups (broad SMARTS) is 2. The van der Waals surface area contributed by atoms with Gasteiger partial charge in [-0.1, -0.05) is 18.7 Å². The molecule has 0 heterocycles. The standard InChI is InChI=1S/C6H6O2.C4H6O2.CH2O3/c7-5-3-1-2-4-6(5)8;1-3-6-4(2)5;2-1(3)4/h1-4,7-8H;3H,1H2,2H3;(H2,2,3,4). The number of esters is 1. The summed E-state index contributed by atoms with van der Waals surface area (Å²) in [5, 5.41) is 31.3. The quantitative estimate of drug-likeness (QED) is 0.345. The summed E-state index contributed by atoms with van der Waals surface area (Å²) in [7, 11) is 0. The third-order valence-electron chi connectivity index (χ3n) is 1.13. The monoisotopic (exact) mass is 258 g/mol. The predicted octanol–water partition coefficient (Wildman–Crippen LogP) is 2.01. The topological polar surface area (TPSA) is 124 Å². The molecular formula is C11H14O7. The molecular weight excluding hydrogens is 244 g/mol. The number of ether oxygens (including phenoxy) is 1. The third kappa shape index (κ3) is 15.8. The molecule has 0 aromatic heterocycles. The van der Waals surface area contributed by atoms with Crippen molar-refractivity contribution in [2.24, 2.45) is 0 Å². The predicted molar refractivity (Wildman–Crippen MR) is 62.4 cm³/mol. The van der Waals surface area contributed by atoms with E-state index in [1.165, 1.54) is 19.1 Å². The normalized spacial score (nSPS) is 7.61. The van der Waals surface area contributed by atoms with Gasteiger partial charge in [0.2, 0.25) is 0 Å². The molecule has 0 spiro atoms. The molecule has 0 aliphatic rings. The van der Waals surface area contributed by atoms with Crippen LogP contribution in [0.3, 0.4) is 0 Å². The summed E-state index contributed by atoms with van der Waals surface area (Å²) in [5.41, 5.74) is 0. The summed E-state index contributed by atoms with van der Waals surface area (Å²) in [6.45, 7) is 4.48. The summed E-state index contributed by atoms with van der Waals surface area (Å²) in [6, 6.07) is 6.15. The van der Waals surface area contributed by atoms with Crippen LogP contribution in [0.5, 0.6) is 11.5 Å². The molecule has 0 saturated carbocycles. The first kappa shape index (κ1) is 17.7. The zero-order valence-electron chi connectivity index (χ0n) is 9.61. The van der Waals surface area contributed by atoms with Crippen molar-refractivity contribution in [3.8, 4) is 11.5 Å². The third-order valence-corrected chi connectivity index (χ3v) is 1.13. The van der Waals surface area contributed by atoms with Crippen LogP contribution in [0.4, 0.5) is 4.79 Å². The Morgan fingerprint density at radius 1 is 1.17 bits per heavy atom. The fourth-order valence-electron chi connectivity index (χ4n) is 0.582. The number of hydrogen-bond acceptors (Lipinski definition) is 5. The van der Waals surface area contributed by atoms with E-state index >= 15 is 0 Å². The van der Waals surface area contributed by atoms with E-state index in [1.54, 1.807) is 12.1 Å². The van der Waals surface area contributed by atoms with E-state index in [9.17, 15) is 4.79 Å². The molecule has 1 rings (SSSR count). The average Bonchev–Trinajstić information content (AvgIpc) is 2.22. The highest BCUT2D eigenvalue weighted by atomic mass is 16.6. The maximum absolute atomic E-state index is 9.75. The van der Waals surface area contributed by atoms with E-state index < -0.39 is 6.16 Å². The van der Waals surface area contributed by atoms with Gasteiger partial charge in [-0.15, -0.1) is 0 Å². The van der Waals surface area contributed by atoms with Gasteiger partial charge >= 0.3 is 12.1 Å². The average molecular weight is 258 g/mol. The number of phenolic OH excluding ortho intramolecular Hbond substituents is 2. The summed E-state index contributed by atoms with van der Waals surface area (Å²) >= 11 is 0. The van der Waals surface area contributed by atoms with Crippen molar-refractivity contribution >= 4 is 12.1 Å². The van der Waals surface area contributed by atoms with Crippen LogP contribution in [0, 0.1) is 0 Å². The van der Waals surface area contributed by atoms with E-state index in [4.69, 9.17) is 25.2 Å². The Kier molecular flexibility index (Phi) is 10.6. The van der Waals surface area contributed by atoms with Crippen LogP contribution in [-0.4, -0.2) is 32.6 Å². The van der Waals surface area contributed by atoms with Crippen LogP contribution in [-0.2, 0) is 9.53 Å². The molecule has 100 valence electrons. The zero-order chi connectivity index (χ0) is 14.6. The van der Waals surface area contributed by atoms with E-state index in [2.05, 4.69) is 11.3 Å². The van der Waals surface area contributed by atoms with Crippen LogP contribution in [0.15, 0.2) is 37.1 Å². The van der Waals surface area contributed by atoms with Crippen LogP contribution in [0.2, 0.25) is 0 Å². The van der Waals surface area contributed by atoms with Gasteiger partial charge in [-0.2, -0.15) is 0 Å². The lowest BCUT2D eigenvalue weighted by atomic mass is 10.3. The van der Waals surface area contributed by atoms with Crippen molar-refractivity contribution in [3.63, 3.8) is 0 Å². The highest BCUT2D eigenvalue weighted by Gasteiger charge is 1.90. The fourth-order valence-corrected chi connectivity index (χ4v) is 0.582. The summed E-state index contributed by atoms with van der Waals surface area (Å²) in [5.74, 6) is -0.481. The van der Waals surface area contributed by atoms with Crippen LogP contribution in [0.1, 0.15) is 6.92 Å². The molecule has 0 atom stereocenters. The summed E-state index contributed by atoms with van der Waals surface area (Å²) in [4.78, 5) is 18.3. The number of carbonyl (C=O) groups is 2. The van der Waals surface area contributed by atoms with E-state index in [0.717, 1.165) is 6.26 Å². The van der Waals surface area contributed by atoms with Crippen molar-refractivity contribution < 1.29 is 34.8 Å². The molecule has 1 aromatic carbocycles. The van der Waals surface area contributed by atoms with E-state index in [0.29, 0.717) is 0 Å². The van der Waals surface area contributed by atoms with Gasteiger partial charge in [0.15, 0.2) is 11.5 Å². The lowest BCUT2D eigenvalue weighted by Gasteiger charge is -1.91. The molecule has 0 bridgehead atoms. The van der Waals surface area contributed by atoms with Gasteiger partial charge in [-0.05, 0) is 12.1 Å². The fraction of sp³-hybridized carbons (Fsp3) is 0.0909. The molecule has 0 aliphatic heterocycles. The molecule has 0 unspecified atom stereocenters. The number of rotatable bonds is 1. The van der Waals surface area contributed by atoms with E-state index in [-0.39, 0.29) is 17.5 Å². The molecule has 0 saturated heterocycles. The molecule has 1 aromatic rings. The number of phenols is 2. The second-order valence-corrected chi connectivity index (χ2v) is 2.55. The second kappa shape index (κ2) is 10.8. The maximum atomic E-state index is 9.75. The van der Waals surface area contributed by atoms with Crippen molar-refractivity contribution in [2.45, 2.75) is 6.92 Å². The minimum Gasteiger partial charge on any atom is -0.504 e. The van der Waals surface area contributed by atoms with Gasteiger partial charge in [0.05, 0.1) is 6.26 Å². The molecule has 0 aliphatic carbocycles. The number of benzene rings is 1. The highest BCUT2D eigenvalue weighted by molar-refractivity contribution is 5.66. The summed E-state index contributed by atoms with van der Waals surface area (Å²) in [6.07, 6.45) is -0.734. The molecule has 18 heavy (non-hydrogen) atoms. The van der Waals surface area contributed by atoms with Crippen LogP contribution in [0.25, 0.3) is 0 Å². The van der Waals surface area contributed by atoms with Crippen LogP contribution >= 0.6 is 0 Å². The first-order chi connectivity index (χ1) is 8.31. The van der Waals surface area contributed by atoms with Crippen LogP contribution < -0.4 is 0 Å². The summed E-state index contributed by atoms with van der Waals surface area (Å²) < 4.78 is 4.17. The molecule has 4 N–H and O–H groups in total. The Bertz CT molecular complexity index is 362. The van der Waals surface area contributed by atoms with Gasteiger partial charge in [-0.25, -0.2) is 4.79 Å². The minimum atomic E-state index is -1.83. The van der Waals surface area contributed by atoms with Gasteiger partial charge < -0.3 is 25.2 Å². The first-order valence-corrected chi connectivity index (χ1v) is 4.48. The van der Waals surface area contributed by atoms with Crippen molar-refractivity contribution in [3.05, 3.63) is 37.1 Å². The Morgan fingerprint density at radius 3 is 1.61 bits per heavy atom. The molecule has 0 amide bonds. The number of aromatic hydroxyl groups is 2. The van der Waals surface area contributed by atoms with E-state index in [1.807, 2.05) is 0 Å². The Morgan fingerprint density at radius 2 is 1.50 bits per heavy atom. The lowest BCUT2D eigenvalue weighted by Crippen LogP contribution is -1.87. The lowest BCUT2D eigenvalue weighted by molar-refractivity contribution is -0.135. The second-order valence-electron chi connectivity index (χ2n) is 2.55. The zero-order valence-corrected chi connectivity index (χ0v) is 9.61. The Labute approximate surface area is 103 Å². The van der Waals surface area contributed by atoms with Gasteiger partial charge in [-0.3, -0.25) is 4.79 Å². The number of hydrogen-bond donors (Lipinski definition) is 4. The Balaban J connectivity index is 0. The smallest absolute Gasteiger partial charge is 0.503 e. The van der Waals surface area contributed by atoms with Crippen molar-refractivity contribution in [1.82, 2.24) is 0 Å². The molecule has 7 nitrogen and oxygen atoms in total.